The molecule has 38 heavy (non-hydrogen) atoms. The summed E-state index contributed by atoms with van der Waals surface area (Å²) in [6.45, 7) is 16.5. The average Bonchev–Trinajstić information content (AvgIpc) is 3.10. The average molecular weight is 530 g/mol. The summed E-state index contributed by atoms with van der Waals surface area (Å²) in [7, 11) is 0. The Bertz CT molecular complexity index is 1450. The summed E-state index contributed by atoms with van der Waals surface area (Å²) in [6, 6.07) is 18.3. The molecule has 4 rings (SSSR count). The minimum Gasteiger partial charge on any atom is -0.507 e. The van der Waals surface area contributed by atoms with E-state index in [4.69, 9.17) is 11.6 Å². The summed E-state index contributed by atoms with van der Waals surface area (Å²) in [4.78, 5) is 28.6. The second kappa shape index (κ2) is 9.74. The maximum atomic E-state index is 13.6. The molecule has 1 amide bonds. The van der Waals surface area contributed by atoms with Gasteiger partial charge in [0, 0.05) is 16.3 Å². The van der Waals surface area contributed by atoms with Gasteiger partial charge in [0.1, 0.15) is 5.76 Å². The van der Waals surface area contributed by atoms with Crippen LogP contribution in [0.15, 0.2) is 66.2 Å². The number of carbonyl (C=O) groups excluding carboxylic acids is 2. The van der Waals surface area contributed by atoms with Crippen LogP contribution in [-0.4, -0.2) is 16.8 Å². The first kappa shape index (κ1) is 27.7. The largest absolute Gasteiger partial charge is 0.507 e. The lowest BCUT2D eigenvalue weighted by atomic mass is 9.84. The normalized spacial score (nSPS) is 17.8. The van der Waals surface area contributed by atoms with Gasteiger partial charge in [-0.3, -0.25) is 14.5 Å². The number of aliphatic hydroxyl groups excluding tert-OH is 1. The van der Waals surface area contributed by atoms with E-state index in [0.29, 0.717) is 16.3 Å². The molecule has 1 heterocycles. The van der Waals surface area contributed by atoms with Crippen molar-refractivity contribution in [3.8, 4) is 0 Å². The molecule has 0 aliphatic carbocycles. The molecule has 0 aromatic heterocycles. The Labute approximate surface area is 231 Å². The zero-order chi connectivity index (χ0) is 28.2. The van der Waals surface area contributed by atoms with Gasteiger partial charge in [0.2, 0.25) is 0 Å². The molecule has 5 heteroatoms. The summed E-state index contributed by atoms with van der Waals surface area (Å²) >= 11 is 6.43. The van der Waals surface area contributed by atoms with Crippen LogP contribution in [0.25, 0.3) is 5.76 Å². The van der Waals surface area contributed by atoms with Crippen molar-refractivity contribution < 1.29 is 14.7 Å². The topological polar surface area (TPSA) is 57.6 Å². The summed E-state index contributed by atoms with van der Waals surface area (Å²) in [6.07, 6.45) is 0. The van der Waals surface area contributed by atoms with Crippen LogP contribution >= 0.6 is 11.6 Å². The molecule has 1 N–H and O–H groups in total. The highest BCUT2D eigenvalue weighted by Gasteiger charge is 2.47. The molecule has 0 radical (unpaired) electrons. The van der Waals surface area contributed by atoms with Gasteiger partial charge in [0.05, 0.1) is 11.6 Å². The first-order valence-electron chi connectivity index (χ1n) is 12.9. The van der Waals surface area contributed by atoms with E-state index in [2.05, 4.69) is 41.5 Å². The van der Waals surface area contributed by atoms with Crippen LogP contribution in [0, 0.1) is 13.8 Å². The summed E-state index contributed by atoms with van der Waals surface area (Å²) in [5.74, 6) is -1.58. The van der Waals surface area contributed by atoms with Crippen LogP contribution in [0.5, 0.6) is 0 Å². The Morgan fingerprint density at radius 1 is 0.789 bits per heavy atom. The van der Waals surface area contributed by atoms with Crippen LogP contribution in [0.2, 0.25) is 5.02 Å². The number of amides is 1. The number of aryl methyl sites for hydroxylation is 2. The zero-order valence-electron chi connectivity index (χ0n) is 23.4. The van der Waals surface area contributed by atoms with Gasteiger partial charge in [-0.05, 0) is 70.7 Å². The number of anilines is 1. The molecule has 0 spiro atoms. The predicted octanol–water partition coefficient (Wildman–Crippen LogP) is 8.18. The molecule has 0 saturated carbocycles. The Morgan fingerprint density at radius 3 is 1.89 bits per heavy atom. The van der Waals surface area contributed by atoms with Crippen LogP contribution in [-0.2, 0) is 20.4 Å². The molecular formula is C33H36ClNO3. The maximum Gasteiger partial charge on any atom is 0.300 e. The maximum absolute atomic E-state index is 13.6. The van der Waals surface area contributed by atoms with Gasteiger partial charge in [0.15, 0.2) is 0 Å². The molecule has 1 aliphatic heterocycles. The lowest BCUT2D eigenvalue weighted by Gasteiger charge is -2.27. The van der Waals surface area contributed by atoms with Gasteiger partial charge in [0.25, 0.3) is 11.7 Å². The second-order valence-electron chi connectivity index (χ2n) is 12.3. The molecule has 198 valence electrons. The molecule has 1 fully saturated rings. The third-order valence-corrected chi connectivity index (χ3v) is 7.74. The molecule has 1 aliphatic rings. The first-order valence-corrected chi connectivity index (χ1v) is 13.3. The SMILES string of the molecule is Cc1ccc(N2C(=O)C(=O)/C(=C(/O)c3cc(C(C)(C)C)ccc3C)C2c2ccc(C(C)(C)C)cc2)cc1Cl. The van der Waals surface area contributed by atoms with Crippen molar-refractivity contribution in [1.29, 1.82) is 0 Å². The van der Waals surface area contributed by atoms with Crippen molar-refractivity contribution in [2.24, 2.45) is 0 Å². The molecule has 1 atom stereocenters. The van der Waals surface area contributed by atoms with Crippen molar-refractivity contribution in [2.45, 2.75) is 72.3 Å². The number of Topliss-reactive ketones (excluding diaryl/α,β-unsaturated/α-hetero) is 1. The first-order chi connectivity index (χ1) is 17.6. The number of rotatable bonds is 3. The van der Waals surface area contributed by atoms with Crippen molar-refractivity contribution >= 4 is 34.7 Å². The summed E-state index contributed by atoms with van der Waals surface area (Å²) in [5, 5.41) is 12.2. The van der Waals surface area contributed by atoms with Crippen molar-refractivity contribution in [3.63, 3.8) is 0 Å². The third-order valence-electron chi connectivity index (χ3n) is 7.33. The van der Waals surface area contributed by atoms with Gasteiger partial charge in [-0.15, -0.1) is 0 Å². The fraction of sp³-hybridized carbons (Fsp3) is 0.333. The van der Waals surface area contributed by atoms with Gasteiger partial charge in [-0.1, -0.05) is 95.6 Å². The van der Waals surface area contributed by atoms with Crippen LogP contribution < -0.4 is 4.90 Å². The van der Waals surface area contributed by atoms with E-state index in [1.54, 1.807) is 12.1 Å². The highest BCUT2D eigenvalue weighted by atomic mass is 35.5. The summed E-state index contributed by atoms with van der Waals surface area (Å²) in [5.41, 5.74) is 5.49. The predicted molar refractivity (Wildman–Crippen MR) is 156 cm³/mol. The third kappa shape index (κ3) is 5.02. The number of benzene rings is 3. The van der Waals surface area contributed by atoms with E-state index in [1.165, 1.54) is 4.90 Å². The van der Waals surface area contributed by atoms with E-state index < -0.39 is 17.7 Å². The Balaban J connectivity index is 1.98. The highest BCUT2D eigenvalue weighted by Crippen LogP contribution is 2.44. The number of aliphatic hydroxyl groups is 1. The molecular weight excluding hydrogens is 494 g/mol. The Kier molecular flexibility index (Phi) is 7.09. The van der Waals surface area contributed by atoms with Crippen LogP contribution in [0.1, 0.15) is 81.0 Å². The number of nitrogens with zero attached hydrogens (tertiary/aromatic N) is 1. The van der Waals surface area contributed by atoms with E-state index in [-0.39, 0.29) is 22.2 Å². The van der Waals surface area contributed by atoms with Crippen molar-refractivity contribution in [3.05, 3.63) is 105 Å². The monoisotopic (exact) mass is 529 g/mol. The Morgan fingerprint density at radius 2 is 1.34 bits per heavy atom. The lowest BCUT2D eigenvalue weighted by Crippen LogP contribution is -2.29. The fourth-order valence-corrected chi connectivity index (χ4v) is 4.97. The number of hydrogen-bond acceptors (Lipinski definition) is 3. The number of halogens is 1. The van der Waals surface area contributed by atoms with Crippen LogP contribution in [0.3, 0.4) is 0 Å². The highest BCUT2D eigenvalue weighted by molar-refractivity contribution is 6.51. The number of carbonyl (C=O) groups is 2. The van der Waals surface area contributed by atoms with Crippen molar-refractivity contribution in [2.75, 3.05) is 4.90 Å². The van der Waals surface area contributed by atoms with Gasteiger partial charge in [-0.25, -0.2) is 0 Å². The van der Waals surface area contributed by atoms with E-state index in [1.807, 2.05) is 62.4 Å². The smallest absolute Gasteiger partial charge is 0.300 e. The molecule has 0 bridgehead atoms. The lowest BCUT2D eigenvalue weighted by molar-refractivity contribution is -0.132. The molecule has 3 aromatic carbocycles. The second-order valence-corrected chi connectivity index (χ2v) is 12.7. The number of ketones is 1. The molecule has 1 saturated heterocycles. The molecule has 4 nitrogen and oxygen atoms in total. The molecule has 3 aromatic rings. The van der Waals surface area contributed by atoms with E-state index >= 15 is 0 Å². The van der Waals surface area contributed by atoms with Gasteiger partial charge in [-0.2, -0.15) is 0 Å². The zero-order valence-corrected chi connectivity index (χ0v) is 24.2. The van der Waals surface area contributed by atoms with Crippen LogP contribution in [0.4, 0.5) is 5.69 Å². The minimum absolute atomic E-state index is 0.0602. The van der Waals surface area contributed by atoms with E-state index in [9.17, 15) is 14.7 Å². The fourth-order valence-electron chi connectivity index (χ4n) is 4.80. The van der Waals surface area contributed by atoms with Gasteiger partial charge < -0.3 is 5.11 Å². The standard InChI is InChI=1S/C33H36ClNO3/c1-19-9-13-23(33(6,7)8)17-25(19)29(36)27-28(21-11-14-22(15-12-21)32(3,4)5)35(31(38)30(27)37)24-16-10-20(2)26(34)18-24/h9-18,28,36H,1-8H3/b29-27+. The van der Waals surface area contributed by atoms with Gasteiger partial charge >= 0.3 is 0 Å². The summed E-state index contributed by atoms with van der Waals surface area (Å²) < 4.78 is 0. The minimum atomic E-state index is -0.805. The van der Waals surface area contributed by atoms with Crippen molar-refractivity contribution in [1.82, 2.24) is 0 Å². The Hall–Kier alpha value is -3.37. The quantitative estimate of drug-likeness (QED) is 0.211. The van der Waals surface area contributed by atoms with E-state index in [0.717, 1.165) is 27.8 Å². The number of hydrogen-bond donors (Lipinski definition) is 1. The molecule has 1 unspecified atom stereocenters.